The lowest BCUT2D eigenvalue weighted by atomic mass is 10.1. The Kier molecular flexibility index (Phi) is 4.01. The van der Waals surface area contributed by atoms with Crippen LogP contribution in [0.25, 0.3) is 0 Å². The van der Waals surface area contributed by atoms with E-state index in [0.717, 1.165) is 4.90 Å². The standard InChI is InChI=1S/C21H13FN2O3/c22-18-8-4-3-7-17(18)19(25)23-13-9-11-14(12-10-13)24-20(26)15-5-1-2-6-16(15)21(24)27/h1-12H,(H,23,25). The molecule has 0 atom stereocenters. The summed E-state index contributed by atoms with van der Waals surface area (Å²) in [7, 11) is 0. The van der Waals surface area contributed by atoms with Crippen molar-refractivity contribution in [1.82, 2.24) is 0 Å². The molecule has 4 rings (SSSR count). The first-order valence-electron chi connectivity index (χ1n) is 8.20. The molecule has 1 heterocycles. The van der Waals surface area contributed by atoms with Gasteiger partial charge >= 0.3 is 0 Å². The van der Waals surface area contributed by atoms with E-state index in [4.69, 9.17) is 0 Å². The van der Waals surface area contributed by atoms with Crippen LogP contribution < -0.4 is 10.2 Å². The lowest BCUT2D eigenvalue weighted by molar-refractivity contribution is 0.0924. The molecule has 0 bridgehead atoms. The molecule has 0 unspecified atom stereocenters. The average Bonchev–Trinajstić information content (AvgIpc) is 2.94. The Labute approximate surface area is 154 Å². The van der Waals surface area contributed by atoms with Crippen molar-refractivity contribution in [2.75, 3.05) is 10.2 Å². The molecule has 0 fully saturated rings. The van der Waals surface area contributed by atoms with Gasteiger partial charge in [-0.3, -0.25) is 14.4 Å². The van der Waals surface area contributed by atoms with E-state index in [1.807, 2.05) is 0 Å². The summed E-state index contributed by atoms with van der Waals surface area (Å²) in [6.07, 6.45) is 0. The quantitative estimate of drug-likeness (QED) is 0.721. The summed E-state index contributed by atoms with van der Waals surface area (Å²) in [6, 6.07) is 18.5. The van der Waals surface area contributed by atoms with E-state index < -0.39 is 23.5 Å². The highest BCUT2D eigenvalue weighted by atomic mass is 19.1. The van der Waals surface area contributed by atoms with Crippen molar-refractivity contribution in [3.05, 3.63) is 95.3 Å². The van der Waals surface area contributed by atoms with Gasteiger partial charge in [0.15, 0.2) is 0 Å². The van der Waals surface area contributed by atoms with Gasteiger partial charge in [0, 0.05) is 5.69 Å². The van der Waals surface area contributed by atoms with Crippen LogP contribution >= 0.6 is 0 Å². The molecule has 3 amide bonds. The highest BCUT2D eigenvalue weighted by Crippen LogP contribution is 2.29. The monoisotopic (exact) mass is 360 g/mol. The number of halogens is 1. The number of carbonyl (C=O) groups excluding carboxylic acids is 3. The van der Waals surface area contributed by atoms with Gasteiger partial charge in [0.1, 0.15) is 5.82 Å². The van der Waals surface area contributed by atoms with Crippen LogP contribution in [0.5, 0.6) is 0 Å². The molecule has 1 aliphatic heterocycles. The van der Waals surface area contributed by atoms with Gasteiger partial charge in [-0.25, -0.2) is 9.29 Å². The van der Waals surface area contributed by atoms with E-state index in [1.165, 1.54) is 18.2 Å². The maximum atomic E-state index is 13.7. The van der Waals surface area contributed by atoms with Gasteiger partial charge in [0.2, 0.25) is 0 Å². The molecule has 1 aliphatic rings. The van der Waals surface area contributed by atoms with Crippen molar-refractivity contribution in [2.24, 2.45) is 0 Å². The molecule has 3 aromatic rings. The first kappa shape index (κ1) is 16.7. The fourth-order valence-electron chi connectivity index (χ4n) is 2.96. The molecular weight excluding hydrogens is 347 g/mol. The number of carbonyl (C=O) groups is 3. The molecular formula is C21H13FN2O3. The van der Waals surface area contributed by atoms with Gasteiger partial charge < -0.3 is 5.32 Å². The molecule has 0 saturated carbocycles. The van der Waals surface area contributed by atoms with Gasteiger partial charge in [-0.15, -0.1) is 0 Å². The second-order valence-electron chi connectivity index (χ2n) is 5.97. The van der Waals surface area contributed by atoms with E-state index in [1.54, 1.807) is 54.6 Å². The summed E-state index contributed by atoms with van der Waals surface area (Å²) >= 11 is 0. The third-order valence-corrected chi connectivity index (χ3v) is 4.30. The van der Waals surface area contributed by atoms with Crippen molar-refractivity contribution < 1.29 is 18.8 Å². The van der Waals surface area contributed by atoms with E-state index >= 15 is 0 Å². The number of hydrogen-bond acceptors (Lipinski definition) is 3. The summed E-state index contributed by atoms with van der Waals surface area (Å²) in [5.74, 6) is -1.98. The van der Waals surface area contributed by atoms with Crippen molar-refractivity contribution >= 4 is 29.1 Å². The van der Waals surface area contributed by atoms with Crippen LogP contribution in [0.2, 0.25) is 0 Å². The van der Waals surface area contributed by atoms with Crippen LogP contribution in [-0.4, -0.2) is 17.7 Å². The minimum absolute atomic E-state index is 0.0677. The van der Waals surface area contributed by atoms with Gasteiger partial charge in [0.05, 0.1) is 22.4 Å². The second kappa shape index (κ2) is 6.49. The Morgan fingerprint density at radius 1 is 0.778 bits per heavy atom. The van der Waals surface area contributed by atoms with Crippen LogP contribution in [-0.2, 0) is 0 Å². The number of hydrogen-bond donors (Lipinski definition) is 1. The summed E-state index contributed by atoms with van der Waals surface area (Å²) in [5.41, 5.74) is 1.47. The van der Waals surface area contributed by atoms with Crippen LogP contribution in [0.15, 0.2) is 72.8 Å². The maximum Gasteiger partial charge on any atom is 0.266 e. The minimum atomic E-state index is -0.613. The van der Waals surface area contributed by atoms with Crippen LogP contribution in [0.4, 0.5) is 15.8 Å². The van der Waals surface area contributed by atoms with E-state index in [9.17, 15) is 18.8 Å². The Balaban J connectivity index is 1.55. The first-order valence-corrected chi connectivity index (χ1v) is 8.20. The van der Waals surface area contributed by atoms with Gasteiger partial charge in [-0.1, -0.05) is 24.3 Å². The zero-order chi connectivity index (χ0) is 19.0. The number of rotatable bonds is 3. The Bertz CT molecular complexity index is 1040. The molecule has 3 aromatic carbocycles. The average molecular weight is 360 g/mol. The van der Waals surface area contributed by atoms with E-state index in [2.05, 4.69) is 5.32 Å². The van der Waals surface area contributed by atoms with E-state index in [-0.39, 0.29) is 5.56 Å². The van der Waals surface area contributed by atoms with Crippen LogP contribution in [0, 0.1) is 5.82 Å². The summed E-state index contributed by atoms with van der Waals surface area (Å²) in [4.78, 5) is 38.2. The molecule has 0 aliphatic carbocycles. The first-order chi connectivity index (χ1) is 13.1. The molecule has 6 heteroatoms. The van der Waals surface area contributed by atoms with Crippen molar-refractivity contribution in [3.8, 4) is 0 Å². The molecule has 0 aromatic heterocycles. The normalized spacial score (nSPS) is 12.9. The lowest BCUT2D eigenvalue weighted by Gasteiger charge is -2.14. The number of nitrogens with zero attached hydrogens (tertiary/aromatic N) is 1. The van der Waals surface area contributed by atoms with Gasteiger partial charge in [-0.05, 0) is 48.5 Å². The van der Waals surface area contributed by atoms with Gasteiger partial charge in [-0.2, -0.15) is 0 Å². The smallest absolute Gasteiger partial charge is 0.266 e. The lowest BCUT2D eigenvalue weighted by Crippen LogP contribution is -2.29. The topological polar surface area (TPSA) is 66.5 Å². The number of nitrogens with one attached hydrogen (secondary N) is 1. The Morgan fingerprint density at radius 2 is 1.33 bits per heavy atom. The zero-order valence-electron chi connectivity index (χ0n) is 14.0. The second-order valence-corrected chi connectivity index (χ2v) is 5.97. The third-order valence-electron chi connectivity index (χ3n) is 4.30. The van der Waals surface area contributed by atoms with Crippen molar-refractivity contribution in [1.29, 1.82) is 0 Å². The zero-order valence-corrected chi connectivity index (χ0v) is 14.0. The van der Waals surface area contributed by atoms with Gasteiger partial charge in [0.25, 0.3) is 17.7 Å². The molecule has 0 spiro atoms. The number of imide groups is 1. The molecule has 27 heavy (non-hydrogen) atoms. The van der Waals surface area contributed by atoms with Crippen molar-refractivity contribution in [3.63, 3.8) is 0 Å². The maximum absolute atomic E-state index is 13.7. The molecule has 5 nitrogen and oxygen atoms in total. The number of benzene rings is 3. The molecule has 0 saturated heterocycles. The van der Waals surface area contributed by atoms with Crippen LogP contribution in [0.1, 0.15) is 31.1 Å². The Hall–Kier alpha value is -3.80. The largest absolute Gasteiger partial charge is 0.322 e. The summed E-state index contributed by atoms with van der Waals surface area (Å²) in [5, 5.41) is 2.59. The minimum Gasteiger partial charge on any atom is -0.322 e. The molecule has 132 valence electrons. The number of fused-ring (bicyclic) bond motifs is 1. The fourth-order valence-corrected chi connectivity index (χ4v) is 2.96. The Morgan fingerprint density at radius 3 is 1.93 bits per heavy atom. The van der Waals surface area contributed by atoms with E-state index in [0.29, 0.717) is 22.5 Å². The van der Waals surface area contributed by atoms with Crippen LogP contribution in [0.3, 0.4) is 0 Å². The predicted octanol–water partition coefficient (Wildman–Crippen LogP) is 3.88. The fraction of sp³-hybridized carbons (Fsp3) is 0. The highest BCUT2D eigenvalue weighted by Gasteiger charge is 2.36. The number of anilines is 2. The highest BCUT2D eigenvalue weighted by molar-refractivity contribution is 6.34. The number of amides is 3. The summed E-state index contributed by atoms with van der Waals surface area (Å²) in [6.45, 7) is 0. The summed E-state index contributed by atoms with van der Waals surface area (Å²) < 4.78 is 13.7. The van der Waals surface area contributed by atoms with Crippen molar-refractivity contribution in [2.45, 2.75) is 0 Å². The predicted molar refractivity (Wildman–Crippen MR) is 98.4 cm³/mol. The third kappa shape index (κ3) is 2.87. The molecule has 0 radical (unpaired) electrons. The molecule has 1 N–H and O–H groups in total. The SMILES string of the molecule is O=C(Nc1ccc(N2C(=O)c3ccccc3C2=O)cc1)c1ccccc1F.